The molecule has 1 aliphatic heterocycles. The fraction of sp³-hybridized carbons (Fsp3) is 0.297. The van der Waals surface area contributed by atoms with Crippen molar-refractivity contribution < 1.29 is 33.0 Å². The maximum atomic E-state index is 13.5. The van der Waals surface area contributed by atoms with Crippen LogP contribution in [-0.4, -0.2) is 58.1 Å². The lowest BCUT2D eigenvalue weighted by Gasteiger charge is -2.45. The second-order valence-electron chi connectivity index (χ2n) is 12.2. The minimum Gasteiger partial charge on any atom is -0.452 e. The summed E-state index contributed by atoms with van der Waals surface area (Å²) in [5.41, 5.74) is 0.728. The van der Waals surface area contributed by atoms with E-state index in [1.807, 2.05) is 55.5 Å². The molecule has 1 heterocycles. The molecule has 0 radical (unpaired) electrons. The predicted molar refractivity (Wildman–Crippen MR) is 175 cm³/mol. The van der Waals surface area contributed by atoms with Gasteiger partial charge in [-0.2, -0.15) is 0 Å². The number of rotatable bonds is 10. The van der Waals surface area contributed by atoms with Crippen LogP contribution in [0.15, 0.2) is 121 Å². The normalized spacial score (nSPS) is 20.7. The summed E-state index contributed by atoms with van der Waals surface area (Å²) in [6.07, 6.45) is -4.50. The van der Waals surface area contributed by atoms with Crippen molar-refractivity contribution in [2.45, 2.75) is 63.4 Å². The Bertz CT molecular complexity index is 1500. The number of ether oxygens (including phenoxy) is 4. The second-order valence-corrected chi connectivity index (χ2v) is 16.4. The van der Waals surface area contributed by atoms with Gasteiger partial charge in [-0.3, -0.25) is 0 Å². The number of esters is 2. The summed E-state index contributed by atoms with van der Waals surface area (Å²) < 4.78 is 31.6. The third-order valence-electron chi connectivity index (χ3n) is 8.19. The molecule has 45 heavy (non-hydrogen) atoms. The Balaban J connectivity index is 1.55. The highest BCUT2D eigenvalue weighted by molar-refractivity contribution is 6.99. The molecule has 4 aromatic carbocycles. The zero-order valence-electron chi connectivity index (χ0n) is 26.3. The topological polar surface area (TPSA) is 80.3 Å². The summed E-state index contributed by atoms with van der Waals surface area (Å²) in [6.45, 7) is 8.49. The largest absolute Gasteiger partial charge is 0.452 e. The van der Waals surface area contributed by atoms with Gasteiger partial charge >= 0.3 is 11.9 Å². The van der Waals surface area contributed by atoms with Crippen molar-refractivity contribution in [2.75, 3.05) is 7.11 Å². The maximum absolute atomic E-state index is 13.5. The molecule has 4 aromatic rings. The molecular weight excluding hydrogens is 584 g/mol. The SMILES string of the molecule is CO[C@@H]1O[C@H]([C@@H](C)O[Si](c2ccccc2)(c2ccccc2)C(C)(C)C)[C@@H](OC(=O)c2ccccc2)[C@H]1OC(=O)c1ccccc1. The van der Waals surface area contributed by atoms with E-state index in [0.717, 1.165) is 10.4 Å². The van der Waals surface area contributed by atoms with Crippen LogP contribution in [0.4, 0.5) is 0 Å². The summed E-state index contributed by atoms with van der Waals surface area (Å²) >= 11 is 0. The van der Waals surface area contributed by atoms with E-state index in [0.29, 0.717) is 11.1 Å². The second kappa shape index (κ2) is 13.9. The zero-order valence-corrected chi connectivity index (χ0v) is 27.3. The highest BCUT2D eigenvalue weighted by Crippen LogP contribution is 2.40. The Labute approximate surface area is 266 Å². The van der Waals surface area contributed by atoms with E-state index in [-0.39, 0.29) is 5.04 Å². The number of hydrogen-bond acceptors (Lipinski definition) is 7. The molecule has 0 aromatic heterocycles. The average Bonchev–Trinajstić information content (AvgIpc) is 3.41. The quantitative estimate of drug-likeness (QED) is 0.164. The Morgan fingerprint density at radius 1 is 0.667 bits per heavy atom. The molecule has 8 heteroatoms. The predicted octanol–water partition coefficient (Wildman–Crippen LogP) is 5.77. The van der Waals surface area contributed by atoms with Crippen LogP contribution >= 0.6 is 0 Å². The fourth-order valence-corrected chi connectivity index (χ4v) is 10.8. The van der Waals surface area contributed by atoms with E-state index in [9.17, 15) is 9.59 Å². The van der Waals surface area contributed by atoms with Crippen LogP contribution in [0, 0.1) is 0 Å². The van der Waals surface area contributed by atoms with E-state index >= 15 is 0 Å². The molecule has 234 valence electrons. The van der Waals surface area contributed by atoms with Crippen LogP contribution in [0.2, 0.25) is 5.04 Å². The van der Waals surface area contributed by atoms with Gasteiger partial charge in [-0.15, -0.1) is 0 Å². The van der Waals surface area contributed by atoms with Gasteiger partial charge in [-0.1, -0.05) is 118 Å². The lowest BCUT2D eigenvalue weighted by molar-refractivity contribution is -0.161. The molecule has 0 spiro atoms. The highest BCUT2D eigenvalue weighted by atomic mass is 28.4. The van der Waals surface area contributed by atoms with Crippen LogP contribution in [0.5, 0.6) is 0 Å². The zero-order chi connectivity index (χ0) is 32.0. The van der Waals surface area contributed by atoms with E-state index < -0.39 is 51.0 Å². The minimum absolute atomic E-state index is 0.307. The molecule has 1 fully saturated rings. The lowest BCUT2D eigenvalue weighted by atomic mass is 10.1. The molecule has 0 N–H and O–H groups in total. The van der Waals surface area contributed by atoms with E-state index in [1.54, 1.807) is 48.5 Å². The first kappa shape index (κ1) is 32.3. The molecule has 0 bridgehead atoms. The van der Waals surface area contributed by atoms with Gasteiger partial charge < -0.3 is 23.4 Å². The van der Waals surface area contributed by atoms with E-state index in [4.69, 9.17) is 23.4 Å². The van der Waals surface area contributed by atoms with Gasteiger partial charge in [-0.05, 0) is 46.6 Å². The van der Waals surface area contributed by atoms with Crippen molar-refractivity contribution >= 4 is 30.6 Å². The van der Waals surface area contributed by atoms with Crippen LogP contribution in [0.25, 0.3) is 0 Å². The monoisotopic (exact) mass is 624 g/mol. The first-order valence-corrected chi connectivity index (χ1v) is 17.1. The van der Waals surface area contributed by atoms with Crippen molar-refractivity contribution in [1.29, 1.82) is 0 Å². The molecular formula is C37H40O7Si. The average molecular weight is 625 g/mol. The van der Waals surface area contributed by atoms with E-state index in [1.165, 1.54) is 7.11 Å². The Kier molecular flexibility index (Phi) is 9.99. The van der Waals surface area contributed by atoms with E-state index in [2.05, 4.69) is 45.0 Å². The standard InChI is InChI=1S/C37H40O7Si/c1-26(44-45(37(2,3)4,29-22-14-8-15-23-29)30-24-16-9-17-25-30)31-32(41-34(38)27-18-10-6-11-19-27)33(36(40-5)43-31)42-35(39)28-20-12-7-13-21-28/h6-26,31-33,36H,1-5H3/t26-,31-,32-,33-,36-/m1/s1. The maximum Gasteiger partial charge on any atom is 0.338 e. The first-order chi connectivity index (χ1) is 21.7. The van der Waals surface area contributed by atoms with Gasteiger partial charge in [0.05, 0.1) is 17.2 Å². The van der Waals surface area contributed by atoms with Gasteiger partial charge in [0.15, 0.2) is 18.5 Å². The molecule has 0 aliphatic carbocycles. The fourth-order valence-electron chi connectivity index (χ4n) is 6.04. The van der Waals surface area contributed by atoms with Crippen LogP contribution in [0.3, 0.4) is 0 Å². The smallest absolute Gasteiger partial charge is 0.338 e. The Morgan fingerprint density at radius 3 is 1.47 bits per heavy atom. The number of carbonyl (C=O) groups is 2. The third-order valence-corrected chi connectivity index (χ3v) is 13.3. The van der Waals surface area contributed by atoms with Gasteiger partial charge in [0, 0.05) is 7.11 Å². The number of benzene rings is 4. The summed E-state index contributed by atoms with van der Waals surface area (Å²) in [5, 5.41) is 1.89. The summed E-state index contributed by atoms with van der Waals surface area (Å²) in [6, 6.07) is 37.9. The lowest BCUT2D eigenvalue weighted by Crippen LogP contribution is -2.68. The highest BCUT2D eigenvalue weighted by Gasteiger charge is 2.56. The molecule has 1 saturated heterocycles. The molecule has 7 nitrogen and oxygen atoms in total. The van der Waals surface area contributed by atoms with Crippen molar-refractivity contribution in [3.8, 4) is 0 Å². The summed E-state index contributed by atoms with van der Waals surface area (Å²) in [4.78, 5) is 26.7. The molecule has 0 amide bonds. The number of hydrogen-bond donors (Lipinski definition) is 0. The third kappa shape index (κ3) is 6.79. The van der Waals surface area contributed by atoms with Gasteiger partial charge in [-0.25, -0.2) is 9.59 Å². The molecule has 0 unspecified atom stereocenters. The van der Waals surface area contributed by atoms with Crippen LogP contribution < -0.4 is 10.4 Å². The Hall–Kier alpha value is -4.08. The van der Waals surface area contributed by atoms with Crippen molar-refractivity contribution in [2.24, 2.45) is 0 Å². The minimum atomic E-state index is -3.02. The van der Waals surface area contributed by atoms with Crippen LogP contribution in [-0.2, 0) is 23.4 Å². The molecule has 5 atom stereocenters. The summed E-state index contributed by atoms with van der Waals surface area (Å²) in [7, 11) is -1.55. The van der Waals surface area contributed by atoms with Gasteiger partial charge in [0.2, 0.25) is 0 Å². The van der Waals surface area contributed by atoms with Crippen molar-refractivity contribution in [3.05, 3.63) is 132 Å². The van der Waals surface area contributed by atoms with Gasteiger partial charge in [0.25, 0.3) is 8.32 Å². The van der Waals surface area contributed by atoms with Gasteiger partial charge in [0.1, 0.15) is 6.10 Å². The summed E-state index contributed by atoms with van der Waals surface area (Å²) in [5.74, 6) is -1.14. The number of methoxy groups -OCH3 is 1. The van der Waals surface area contributed by atoms with Crippen molar-refractivity contribution in [1.82, 2.24) is 0 Å². The first-order valence-electron chi connectivity index (χ1n) is 15.1. The number of carbonyl (C=O) groups excluding carboxylic acids is 2. The molecule has 0 saturated carbocycles. The van der Waals surface area contributed by atoms with Crippen LogP contribution in [0.1, 0.15) is 48.4 Å². The molecule has 5 rings (SSSR count). The van der Waals surface area contributed by atoms with Crippen molar-refractivity contribution in [3.63, 3.8) is 0 Å². The molecule has 1 aliphatic rings. The Morgan fingerprint density at radius 2 is 1.07 bits per heavy atom.